The highest BCUT2D eigenvalue weighted by atomic mass is 31.2. The molecule has 0 aromatic heterocycles. The molecule has 0 aliphatic rings. The first-order valence-corrected chi connectivity index (χ1v) is 24.4. The van der Waals surface area contributed by atoms with Crippen LogP contribution in [0, 0.1) is 0 Å². The van der Waals surface area contributed by atoms with Gasteiger partial charge in [0.05, 0.1) is 39.9 Å². The van der Waals surface area contributed by atoms with Crippen LogP contribution in [0.2, 0.25) is 0 Å². The molecule has 0 bridgehead atoms. The number of hydrogen-bond donors (Lipinski definition) is 2. The maximum absolute atomic E-state index is 12.9. The fraction of sp³-hybridized carbons (Fsp3) is 0.809. The van der Waals surface area contributed by atoms with Gasteiger partial charge in [0, 0.05) is 6.42 Å². The number of carbonyl (C=O) groups excluding carboxylic acids is 1. The van der Waals surface area contributed by atoms with Crippen molar-refractivity contribution >= 4 is 13.7 Å². The first kappa shape index (κ1) is 54.5. The Morgan fingerprint density at radius 2 is 1.09 bits per heavy atom. The minimum atomic E-state index is -4.57. The Balaban J connectivity index is 4.38. The number of rotatable bonds is 41. The second-order valence-corrected chi connectivity index (χ2v) is 18.1. The number of unbranched alkanes of at least 4 members (excludes halogenated alkanes) is 20. The molecule has 8 nitrogen and oxygen atoms in total. The Labute approximate surface area is 346 Å². The summed E-state index contributed by atoms with van der Waals surface area (Å²) in [4.78, 5) is 25.4. The molecule has 0 rings (SSSR count). The van der Waals surface area contributed by atoms with Gasteiger partial charge in [-0.3, -0.25) is 9.36 Å². The zero-order valence-corrected chi connectivity index (χ0v) is 38.0. The summed E-state index contributed by atoms with van der Waals surface area (Å²) in [6.07, 6.45) is 48.2. The van der Waals surface area contributed by atoms with Crippen molar-refractivity contribution in [2.24, 2.45) is 0 Å². The molecule has 0 aliphatic heterocycles. The van der Waals surface area contributed by atoms with Gasteiger partial charge in [-0.25, -0.2) is 0 Å². The molecule has 0 fully saturated rings. The monoisotopic (exact) mass is 809 g/mol. The second-order valence-electron chi connectivity index (χ2n) is 16.7. The van der Waals surface area contributed by atoms with Crippen LogP contribution in [0.15, 0.2) is 48.6 Å². The van der Waals surface area contributed by atoms with Gasteiger partial charge in [-0.1, -0.05) is 184 Å². The average molecular weight is 809 g/mol. The maximum Gasteiger partial charge on any atom is 0.268 e. The normalized spacial score (nSPS) is 14.8. The lowest BCUT2D eigenvalue weighted by Crippen LogP contribution is -2.46. The van der Waals surface area contributed by atoms with Gasteiger partial charge in [-0.2, -0.15) is 0 Å². The van der Waals surface area contributed by atoms with Gasteiger partial charge in [-0.15, -0.1) is 0 Å². The van der Waals surface area contributed by atoms with Crippen molar-refractivity contribution < 1.29 is 32.9 Å². The van der Waals surface area contributed by atoms with E-state index in [1.165, 1.54) is 89.9 Å². The number of aliphatic hydroxyl groups is 1. The molecule has 0 aromatic carbocycles. The standard InChI is InChI=1S/C47H89N2O6P/c1-6-8-10-12-14-16-18-20-22-23-24-25-27-29-31-33-35-37-39-41-47(51)48-45(44-55-56(52,53)54-43-42-49(3,4)5)46(50)40-38-36-34-32-30-28-26-21-19-17-15-13-11-9-7-2/h8,10,14,16,20,22,24-25,45-46,50H,6-7,9,11-13,15,17-19,21,23,26-44H2,1-5H3,(H-,48,51,52,53)/b10-8-,16-14-,22-20-,25-24-. The van der Waals surface area contributed by atoms with Gasteiger partial charge < -0.3 is 28.8 Å². The quantitative estimate of drug-likeness (QED) is 0.0276. The molecule has 9 heteroatoms. The number of amides is 1. The van der Waals surface area contributed by atoms with Crippen molar-refractivity contribution in [1.82, 2.24) is 5.32 Å². The van der Waals surface area contributed by atoms with E-state index >= 15 is 0 Å². The number of phosphoric ester groups is 1. The number of phosphoric acid groups is 1. The Bertz CT molecular complexity index is 1050. The molecular formula is C47H89N2O6P. The first-order valence-electron chi connectivity index (χ1n) is 23.0. The summed E-state index contributed by atoms with van der Waals surface area (Å²) in [5.74, 6) is -0.180. The van der Waals surface area contributed by atoms with Crippen molar-refractivity contribution in [3.05, 3.63) is 48.6 Å². The van der Waals surface area contributed by atoms with Crippen LogP contribution < -0.4 is 10.2 Å². The number of carbonyl (C=O) groups is 1. The molecule has 0 aliphatic carbocycles. The molecule has 0 heterocycles. The van der Waals surface area contributed by atoms with Gasteiger partial charge in [-0.05, 0) is 51.4 Å². The lowest BCUT2D eigenvalue weighted by atomic mass is 10.0. The van der Waals surface area contributed by atoms with E-state index < -0.39 is 20.0 Å². The topological polar surface area (TPSA) is 108 Å². The van der Waals surface area contributed by atoms with E-state index in [4.69, 9.17) is 9.05 Å². The second kappa shape index (κ2) is 38.9. The number of likely N-dealkylation sites (N-methyl/N-ethyl adjacent to an activating group) is 1. The van der Waals surface area contributed by atoms with Crippen LogP contribution in [0.5, 0.6) is 0 Å². The summed E-state index contributed by atoms with van der Waals surface area (Å²) < 4.78 is 23.3. The van der Waals surface area contributed by atoms with E-state index in [9.17, 15) is 19.4 Å². The predicted octanol–water partition coefficient (Wildman–Crippen LogP) is 12.2. The third kappa shape index (κ3) is 40.6. The maximum atomic E-state index is 12.9. The van der Waals surface area contributed by atoms with Crippen LogP contribution in [0.3, 0.4) is 0 Å². The molecule has 2 N–H and O–H groups in total. The molecule has 328 valence electrons. The van der Waals surface area contributed by atoms with Crippen LogP contribution in [0.25, 0.3) is 0 Å². The van der Waals surface area contributed by atoms with Crippen LogP contribution in [0.1, 0.15) is 194 Å². The van der Waals surface area contributed by atoms with Crippen molar-refractivity contribution in [2.75, 3.05) is 40.9 Å². The van der Waals surface area contributed by atoms with Gasteiger partial charge in [0.25, 0.3) is 7.82 Å². The summed E-state index contributed by atoms with van der Waals surface area (Å²) in [5, 5.41) is 13.9. The largest absolute Gasteiger partial charge is 0.756 e. The third-order valence-electron chi connectivity index (χ3n) is 10.1. The van der Waals surface area contributed by atoms with Crippen LogP contribution >= 0.6 is 7.82 Å². The molecular weight excluding hydrogens is 719 g/mol. The van der Waals surface area contributed by atoms with E-state index in [1.807, 2.05) is 21.1 Å². The summed E-state index contributed by atoms with van der Waals surface area (Å²) in [5.41, 5.74) is 0. The lowest BCUT2D eigenvalue weighted by Gasteiger charge is -2.30. The highest BCUT2D eigenvalue weighted by molar-refractivity contribution is 7.45. The number of allylic oxidation sites excluding steroid dienone is 8. The number of aliphatic hydroxyl groups excluding tert-OH is 1. The Morgan fingerprint density at radius 3 is 1.59 bits per heavy atom. The SMILES string of the molecule is CC/C=C\C/C=C\C/C=C\C/C=C\CCCCCCCCC(=O)NC(COP(=O)([O-])OCC[N+](C)(C)C)C(O)CCCCCCCCCCCCCCCCC. The first-order chi connectivity index (χ1) is 27.0. The smallest absolute Gasteiger partial charge is 0.268 e. The van der Waals surface area contributed by atoms with Crippen LogP contribution in [-0.4, -0.2) is 68.5 Å². The molecule has 0 spiro atoms. The highest BCUT2D eigenvalue weighted by Crippen LogP contribution is 2.38. The van der Waals surface area contributed by atoms with Crippen molar-refractivity contribution in [2.45, 2.75) is 206 Å². The van der Waals surface area contributed by atoms with Gasteiger partial charge in [0.15, 0.2) is 0 Å². The lowest BCUT2D eigenvalue weighted by molar-refractivity contribution is -0.870. The third-order valence-corrected chi connectivity index (χ3v) is 11.0. The van der Waals surface area contributed by atoms with E-state index in [1.54, 1.807) is 0 Å². The van der Waals surface area contributed by atoms with Crippen molar-refractivity contribution in [3.8, 4) is 0 Å². The van der Waals surface area contributed by atoms with Crippen LogP contribution in [-0.2, 0) is 18.4 Å². The summed E-state index contributed by atoms with van der Waals surface area (Å²) in [6, 6.07) is -0.809. The average Bonchev–Trinajstić information content (AvgIpc) is 3.15. The van der Waals surface area contributed by atoms with Crippen molar-refractivity contribution in [1.29, 1.82) is 0 Å². The Morgan fingerprint density at radius 1 is 0.643 bits per heavy atom. The molecule has 0 aromatic rings. The minimum Gasteiger partial charge on any atom is -0.756 e. The van der Waals surface area contributed by atoms with Gasteiger partial charge >= 0.3 is 0 Å². The van der Waals surface area contributed by atoms with E-state index in [0.29, 0.717) is 23.9 Å². The van der Waals surface area contributed by atoms with Crippen molar-refractivity contribution in [3.63, 3.8) is 0 Å². The molecule has 0 radical (unpaired) electrons. The number of nitrogens with one attached hydrogen (secondary N) is 1. The zero-order valence-electron chi connectivity index (χ0n) is 37.1. The molecule has 3 atom stereocenters. The minimum absolute atomic E-state index is 0.00736. The summed E-state index contributed by atoms with van der Waals surface area (Å²) >= 11 is 0. The summed E-state index contributed by atoms with van der Waals surface area (Å²) in [6.45, 7) is 4.59. The highest BCUT2D eigenvalue weighted by Gasteiger charge is 2.24. The molecule has 3 unspecified atom stereocenters. The number of quaternary nitrogens is 1. The molecule has 0 saturated heterocycles. The number of nitrogens with zero attached hydrogens (tertiary/aromatic N) is 1. The Hall–Kier alpha value is -1.54. The fourth-order valence-electron chi connectivity index (χ4n) is 6.44. The van der Waals surface area contributed by atoms with E-state index in [0.717, 1.165) is 77.0 Å². The van der Waals surface area contributed by atoms with Gasteiger partial charge in [0.1, 0.15) is 13.2 Å². The summed E-state index contributed by atoms with van der Waals surface area (Å²) in [7, 11) is 1.29. The Kier molecular flexibility index (Phi) is 37.9. The molecule has 56 heavy (non-hydrogen) atoms. The van der Waals surface area contributed by atoms with Gasteiger partial charge in [0.2, 0.25) is 5.91 Å². The zero-order chi connectivity index (χ0) is 41.4. The molecule has 1 amide bonds. The number of hydrogen-bond acceptors (Lipinski definition) is 6. The molecule has 0 saturated carbocycles. The fourth-order valence-corrected chi connectivity index (χ4v) is 7.16. The predicted molar refractivity (Wildman–Crippen MR) is 238 cm³/mol. The van der Waals surface area contributed by atoms with E-state index in [2.05, 4.69) is 67.8 Å². The van der Waals surface area contributed by atoms with Crippen LogP contribution in [0.4, 0.5) is 0 Å². The van der Waals surface area contributed by atoms with E-state index in [-0.39, 0.29) is 19.1 Å².